The zero-order chi connectivity index (χ0) is 20.9. The number of imidazole rings is 1. The second-order valence-corrected chi connectivity index (χ2v) is 9.95. The molecule has 0 aliphatic heterocycles. The number of pyridine rings is 1. The van der Waals surface area contributed by atoms with Crippen molar-refractivity contribution < 1.29 is 8.42 Å². The van der Waals surface area contributed by atoms with E-state index in [0.29, 0.717) is 22.7 Å². The van der Waals surface area contributed by atoms with Gasteiger partial charge in [-0.25, -0.2) is 13.4 Å². The highest BCUT2D eigenvalue weighted by molar-refractivity contribution is 7.92. The van der Waals surface area contributed by atoms with Crippen molar-refractivity contribution in [1.82, 2.24) is 14.1 Å². The molecule has 8 heteroatoms. The van der Waals surface area contributed by atoms with E-state index in [2.05, 4.69) is 14.3 Å². The van der Waals surface area contributed by atoms with Gasteiger partial charge >= 0.3 is 0 Å². The van der Waals surface area contributed by atoms with Gasteiger partial charge in [0.05, 0.1) is 17.0 Å². The first-order valence-corrected chi connectivity index (χ1v) is 11.5. The number of hydrogen-bond donors (Lipinski definition) is 1. The van der Waals surface area contributed by atoms with Crippen LogP contribution in [0.25, 0.3) is 22.2 Å². The van der Waals surface area contributed by atoms with Crippen molar-refractivity contribution in [2.24, 2.45) is 13.0 Å². The van der Waals surface area contributed by atoms with Gasteiger partial charge in [0.25, 0.3) is 5.56 Å². The number of nitrogens with zero attached hydrogens (tertiary/aromatic N) is 3. The molecule has 0 unspecified atom stereocenters. The molecule has 7 nitrogen and oxygen atoms in total. The predicted octanol–water partition coefficient (Wildman–Crippen LogP) is 3.19. The summed E-state index contributed by atoms with van der Waals surface area (Å²) in [4.78, 5) is 16.8. The van der Waals surface area contributed by atoms with Gasteiger partial charge in [0.2, 0.25) is 10.0 Å². The molecule has 1 fully saturated rings. The van der Waals surface area contributed by atoms with E-state index in [0.717, 1.165) is 29.0 Å². The zero-order valence-corrected chi connectivity index (χ0v) is 18.0. The van der Waals surface area contributed by atoms with Crippen LogP contribution < -0.4 is 10.3 Å². The van der Waals surface area contributed by atoms with Crippen LogP contribution in [0.3, 0.4) is 0 Å². The van der Waals surface area contributed by atoms with E-state index in [1.807, 2.05) is 25.1 Å². The summed E-state index contributed by atoms with van der Waals surface area (Å²) in [7, 11) is -1.73. The first kappa shape index (κ1) is 19.7. The molecule has 2 heterocycles. The van der Waals surface area contributed by atoms with Crippen LogP contribution in [0, 0.1) is 19.8 Å². The summed E-state index contributed by atoms with van der Waals surface area (Å²) >= 11 is 0. The summed E-state index contributed by atoms with van der Waals surface area (Å²) in [5.41, 5.74) is 4.35. The number of anilines is 1. The Morgan fingerprint density at radius 2 is 1.90 bits per heavy atom. The quantitative estimate of drug-likeness (QED) is 0.671. The molecule has 1 aromatic carbocycles. The largest absolute Gasteiger partial charge is 0.328 e. The Morgan fingerprint density at radius 3 is 2.52 bits per heavy atom. The SMILES string of the molecule is CCS(=O)(=O)Nc1cc(-c2cc(C)c(=O)n(C)c2)cc2c1nc(C)n2CC1CC1. The van der Waals surface area contributed by atoms with Crippen LogP contribution in [0.1, 0.15) is 31.2 Å². The second-order valence-electron chi connectivity index (χ2n) is 7.94. The van der Waals surface area contributed by atoms with Crippen LogP contribution in [-0.4, -0.2) is 28.3 Å². The molecular formula is C21H26N4O3S. The zero-order valence-electron chi connectivity index (χ0n) is 17.2. The summed E-state index contributed by atoms with van der Waals surface area (Å²) < 4.78 is 31.0. The molecule has 0 spiro atoms. The average Bonchev–Trinajstić information content (AvgIpc) is 3.43. The van der Waals surface area contributed by atoms with Gasteiger partial charge in [-0.3, -0.25) is 9.52 Å². The third kappa shape index (κ3) is 3.81. The molecule has 1 aliphatic carbocycles. The van der Waals surface area contributed by atoms with Gasteiger partial charge in [-0.15, -0.1) is 0 Å². The van der Waals surface area contributed by atoms with Crippen LogP contribution in [-0.2, 0) is 23.6 Å². The summed E-state index contributed by atoms with van der Waals surface area (Å²) in [6, 6.07) is 5.69. The van der Waals surface area contributed by atoms with Crippen molar-refractivity contribution in [3.05, 3.63) is 46.1 Å². The Balaban J connectivity index is 1.96. The van der Waals surface area contributed by atoms with E-state index in [-0.39, 0.29) is 11.3 Å². The van der Waals surface area contributed by atoms with E-state index in [1.54, 1.807) is 31.7 Å². The van der Waals surface area contributed by atoms with E-state index in [1.165, 1.54) is 12.8 Å². The fourth-order valence-electron chi connectivity index (χ4n) is 3.65. The molecule has 3 aromatic rings. The van der Waals surface area contributed by atoms with Crippen molar-refractivity contribution >= 4 is 26.7 Å². The minimum atomic E-state index is -3.45. The third-order valence-corrected chi connectivity index (χ3v) is 6.81. The van der Waals surface area contributed by atoms with Crippen molar-refractivity contribution in [3.63, 3.8) is 0 Å². The Kier molecular flexibility index (Phi) is 4.77. The molecular weight excluding hydrogens is 388 g/mol. The van der Waals surface area contributed by atoms with Crippen LogP contribution >= 0.6 is 0 Å². The molecule has 1 N–H and O–H groups in total. The van der Waals surface area contributed by atoms with Gasteiger partial charge in [0, 0.05) is 25.4 Å². The van der Waals surface area contributed by atoms with Gasteiger partial charge in [-0.05, 0) is 68.9 Å². The van der Waals surface area contributed by atoms with Crippen molar-refractivity contribution in [3.8, 4) is 11.1 Å². The maximum absolute atomic E-state index is 12.3. The molecule has 29 heavy (non-hydrogen) atoms. The summed E-state index contributed by atoms with van der Waals surface area (Å²) in [6.07, 6.45) is 4.21. The Bertz CT molecular complexity index is 1240. The van der Waals surface area contributed by atoms with Crippen LogP contribution in [0.15, 0.2) is 29.2 Å². The van der Waals surface area contributed by atoms with Crippen LogP contribution in [0.5, 0.6) is 0 Å². The molecule has 0 radical (unpaired) electrons. The minimum Gasteiger partial charge on any atom is -0.328 e. The topological polar surface area (TPSA) is 86.0 Å². The summed E-state index contributed by atoms with van der Waals surface area (Å²) in [6.45, 7) is 6.23. The molecule has 2 aromatic heterocycles. The van der Waals surface area contributed by atoms with Crippen LogP contribution in [0.4, 0.5) is 5.69 Å². The van der Waals surface area contributed by atoms with Gasteiger partial charge in [-0.2, -0.15) is 0 Å². The van der Waals surface area contributed by atoms with E-state index in [9.17, 15) is 13.2 Å². The molecule has 154 valence electrons. The highest BCUT2D eigenvalue weighted by Crippen LogP contribution is 2.36. The summed E-state index contributed by atoms with van der Waals surface area (Å²) in [5.74, 6) is 1.52. The first-order chi connectivity index (χ1) is 13.7. The Hall–Kier alpha value is -2.61. The number of benzene rings is 1. The maximum Gasteiger partial charge on any atom is 0.253 e. The lowest BCUT2D eigenvalue weighted by Gasteiger charge is -2.13. The Labute approximate surface area is 170 Å². The molecule has 4 rings (SSSR count). The number of aryl methyl sites for hydroxylation is 3. The van der Waals surface area contributed by atoms with Gasteiger partial charge in [0.1, 0.15) is 11.3 Å². The number of fused-ring (bicyclic) bond motifs is 1. The average molecular weight is 415 g/mol. The molecule has 0 saturated heterocycles. The maximum atomic E-state index is 12.3. The van der Waals surface area contributed by atoms with Gasteiger partial charge in [-0.1, -0.05) is 0 Å². The number of rotatable bonds is 6. The lowest BCUT2D eigenvalue weighted by molar-refractivity contribution is 0.602. The molecule has 0 amide bonds. The normalized spacial score (nSPS) is 14.5. The fraction of sp³-hybridized carbons (Fsp3) is 0.429. The predicted molar refractivity (Wildman–Crippen MR) is 116 cm³/mol. The first-order valence-electron chi connectivity index (χ1n) is 9.87. The van der Waals surface area contributed by atoms with Crippen molar-refractivity contribution in [1.29, 1.82) is 0 Å². The lowest BCUT2D eigenvalue weighted by Crippen LogP contribution is -2.18. The molecule has 0 bridgehead atoms. The van der Waals surface area contributed by atoms with Crippen LogP contribution in [0.2, 0.25) is 0 Å². The van der Waals surface area contributed by atoms with E-state index in [4.69, 9.17) is 0 Å². The highest BCUT2D eigenvalue weighted by Gasteiger charge is 2.25. The number of nitrogens with one attached hydrogen (secondary N) is 1. The van der Waals surface area contributed by atoms with E-state index >= 15 is 0 Å². The fourth-order valence-corrected chi connectivity index (χ4v) is 4.28. The van der Waals surface area contributed by atoms with Crippen molar-refractivity contribution in [2.75, 3.05) is 10.5 Å². The molecule has 0 atom stereocenters. The monoisotopic (exact) mass is 414 g/mol. The van der Waals surface area contributed by atoms with E-state index < -0.39 is 10.0 Å². The highest BCUT2D eigenvalue weighted by atomic mass is 32.2. The number of aromatic nitrogens is 3. The van der Waals surface area contributed by atoms with Gasteiger partial charge < -0.3 is 9.13 Å². The van der Waals surface area contributed by atoms with Crippen molar-refractivity contribution in [2.45, 2.75) is 40.2 Å². The summed E-state index contributed by atoms with van der Waals surface area (Å²) in [5, 5.41) is 0. The number of sulfonamides is 1. The molecule has 1 saturated carbocycles. The molecule has 1 aliphatic rings. The standard InChI is InChI=1S/C21H26N4O3S/c1-5-29(27,28)23-18-9-16(17-8-13(2)21(26)24(4)12-17)10-19-20(18)22-14(3)25(19)11-15-6-7-15/h8-10,12,15,23H,5-7,11H2,1-4H3. The second kappa shape index (κ2) is 7.02. The minimum absolute atomic E-state index is 0.0145. The van der Waals surface area contributed by atoms with Gasteiger partial charge in [0.15, 0.2) is 0 Å². The third-order valence-electron chi connectivity index (χ3n) is 5.52. The Morgan fingerprint density at radius 1 is 1.17 bits per heavy atom. The lowest BCUT2D eigenvalue weighted by atomic mass is 10.0. The smallest absolute Gasteiger partial charge is 0.253 e. The number of hydrogen-bond acceptors (Lipinski definition) is 4.